The van der Waals surface area contributed by atoms with Crippen molar-refractivity contribution in [3.63, 3.8) is 0 Å². The zero-order valence-electron chi connectivity index (χ0n) is 11.6. The van der Waals surface area contributed by atoms with Crippen molar-refractivity contribution >= 4 is 28.5 Å². The second kappa shape index (κ2) is 5.97. The minimum absolute atomic E-state index is 0.132. The molecule has 1 heterocycles. The highest BCUT2D eigenvalue weighted by molar-refractivity contribution is 14.1. The molecule has 0 aliphatic heterocycles. The molecule has 1 amide bonds. The third kappa shape index (κ3) is 3.15. The highest BCUT2D eigenvalue weighted by Crippen LogP contribution is 2.18. The SMILES string of the molecule is Cc1cc(C(N)=O)c(Cc2ccc(I)cc2F)n(C)c1=O. The van der Waals surface area contributed by atoms with Crippen LogP contribution in [0.5, 0.6) is 0 Å². The van der Waals surface area contributed by atoms with Gasteiger partial charge in [0.05, 0.1) is 5.56 Å². The van der Waals surface area contributed by atoms with Crippen LogP contribution >= 0.6 is 22.6 Å². The second-order valence-corrected chi connectivity index (χ2v) is 6.07. The summed E-state index contributed by atoms with van der Waals surface area (Å²) in [7, 11) is 1.56. The predicted molar refractivity (Wildman–Crippen MR) is 86.9 cm³/mol. The number of aromatic nitrogens is 1. The number of nitrogens with zero attached hydrogens (tertiary/aromatic N) is 1. The van der Waals surface area contributed by atoms with Gasteiger partial charge in [-0.15, -0.1) is 0 Å². The molecule has 21 heavy (non-hydrogen) atoms. The lowest BCUT2D eigenvalue weighted by atomic mass is 10.0. The Labute approximate surface area is 134 Å². The Balaban J connectivity index is 2.60. The largest absolute Gasteiger partial charge is 0.366 e. The van der Waals surface area contributed by atoms with Gasteiger partial charge in [-0.05, 0) is 53.3 Å². The molecule has 0 saturated heterocycles. The van der Waals surface area contributed by atoms with E-state index in [1.54, 1.807) is 26.1 Å². The number of primary amides is 1. The van der Waals surface area contributed by atoms with E-state index >= 15 is 0 Å². The van der Waals surface area contributed by atoms with Crippen LogP contribution in [0.4, 0.5) is 4.39 Å². The molecule has 110 valence electrons. The van der Waals surface area contributed by atoms with Crippen LogP contribution in [0.1, 0.15) is 27.2 Å². The highest BCUT2D eigenvalue weighted by Gasteiger charge is 2.16. The van der Waals surface area contributed by atoms with E-state index in [-0.39, 0.29) is 23.4 Å². The van der Waals surface area contributed by atoms with Gasteiger partial charge in [0.2, 0.25) is 5.91 Å². The molecule has 1 aromatic carbocycles. The molecule has 0 radical (unpaired) electrons. The van der Waals surface area contributed by atoms with E-state index in [0.29, 0.717) is 16.8 Å². The van der Waals surface area contributed by atoms with Crippen LogP contribution in [0, 0.1) is 16.3 Å². The Morgan fingerprint density at radius 3 is 2.62 bits per heavy atom. The second-order valence-electron chi connectivity index (χ2n) is 4.83. The van der Waals surface area contributed by atoms with Gasteiger partial charge in [-0.3, -0.25) is 9.59 Å². The number of nitrogens with two attached hydrogens (primary N) is 1. The first-order valence-electron chi connectivity index (χ1n) is 6.24. The van der Waals surface area contributed by atoms with Crippen molar-refractivity contribution in [3.05, 3.63) is 66.4 Å². The van der Waals surface area contributed by atoms with Gasteiger partial charge in [-0.25, -0.2) is 4.39 Å². The van der Waals surface area contributed by atoms with Gasteiger partial charge >= 0.3 is 0 Å². The lowest BCUT2D eigenvalue weighted by Crippen LogP contribution is -2.28. The fraction of sp³-hybridized carbons (Fsp3) is 0.200. The summed E-state index contributed by atoms with van der Waals surface area (Å²) in [5, 5.41) is 0. The fourth-order valence-corrected chi connectivity index (χ4v) is 2.66. The molecule has 0 atom stereocenters. The number of halogens is 2. The summed E-state index contributed by atoms with van der Waals surface area (Å²) < 4.78 is 16.1. The standard InChI is InChI=1S/C15H14FIN2O2/c1-8-5-11(14(18)20)13(19(2)15(8)21)6-9-3-4-10(17)7-12(9)16/h3-5,7H,6H2,1-2H3,(H2,18,20). The predicted octanol–water partition coefficient (Wildman–Crippen LogP) is 2.13. The molecule has 0 aliphatic carbocycles. The van der Waals surface area contributed by atoms with Crippen LogP contribution in [0.3, 0.4) is 0 Å². The van der Waals surface area contributed by atoms with Crippen molar-refractivity contribution in [2.75, 3.05) is 0 Å². The maximum atomic E-state index is 14.0. The van der Waals surface area contributed by atoms with E-state index in [2.05, 4.69) is 0 Å². The number of hydrogen-bond donors (Lipinski definition) is 1. The summed E-state index contributed by atoms with van der Waals surface area (Å²) in [6.45, 7) is 1.62. The van der Waals surface area contributed by atoms with Gasteiger partial charge in [-0.2, -0.15) is 0 Å². The van der Waals surface area contributed by atoms with Crippen LogP contribution in [0.2, 0.25) is 0 Å². The van der Waals surface area contributed by atoms with Crippen molar-refractivity contribution in [3.8, 4) is 0 Å². The summed E-state index contributed by atoms with van der Waals surface area (Å²) in [6, 6.07) is 6.29. The topological polar surface area (TPSA) is 65.1 Å². The maximum absolute atomic E-state index is 14.0. The Hall–Kier alpha value is -1.70. The van der Waals surface area contributed by atoms with Crippen LogP contribution in [0.15, 0.2) is 29.1 Å². The maximum Gasteiger partial charge on any atom is 0.253 e. The van der Waals surface area contributed by atoms with Crippen LogP contribution in [-0.4, -0.2) is 10.5 Å². The molecule has 0 spiro atoms. The third-order valence-electron chi connectivity index (χ3n) is 3.36. The summed E-state index contributed by atoms with van der Waals surface area (Å²) in [5.41, 5.74) is 6.65. The number of pyridine rings is 1. The molecule has 0 fully saturated rings. The first kappa shape index (κ1) is 15.7. The lowest BCUT2D eigenvalue weighted by molar-refractivity contribution is 0.0998. The lowest BCUT2D eigenvalue weighted by Gasteiger charge is -2.14. The molecule has 1 aromatic heterocycles. The Morgan fingerprint density at radius 2 is 2.05 bits per heavy atom. The molecule has 2 rings (SSSR count). The molecule has 0 bridgehead atoms. The van der Waals surface area contributed by atoms with E-state index in [4.69, 9.17) is 5.73 Å². The zero-order valence-corrected chi connectivity index (χ0v) is 13.8. The molecule has 2 aromatic rings. The summed E-state index contributed by atoms with van der Waals surface area (Å²) >= 11 is 2.02. The van der Waals surface area contributed by atoms with Gasteiger partial charge in [0.15, 0.2) is 0 Å². The number of benzene rings is 1. The number of rotatable bonds is 3. The van der Waals surface area contributed by atoms with Crippen molar-refractivity contribution in [1.82, 2.24) is 4.57 Å². The molecule has 2 N–H and O–H groups in total. The first-order valence-corrected chi connectivity index (χ1v) is 7.32. The molecule has 0 unspecified atom stereocenters. The summed E-state index contributed by atoms with van der Waals surface area (Å²) in [4.78, 5) is 23.6. The van der Waals surface area contributed by atoms with Gasteiger partial charge in [0, 0.05) is 28.3 Å². The Bertz CT molecular complexity index is 784. The average molecular weight is 400 g/mol. The van der Waals surface area contributed by atoms with E-state index in [1.165, 1.54) is 16.7 Å². The smallest absolute Gasteiger partial charge is 0.253 e. The van der Waals surface area contributed by atoms with Gasteiger partial charge < -0.3 is 10.3 Å². The van der Waals surface area contributed by atoms with Crippen LogP contribution in [0.25, 0.3) is 0 Å². The van der Waals surface area contributed by atoms with Crippen molar-refractivity contribution in [2.45, 2.75) is 13.3 Å². The Kier molecular flexibility index (Phi) is 4.46. The van der Waals surface area contributed by atoms with Crippen molar-refractivity contribution < 1.29 is 9.18 Å². The minimum atomic E-state index is -0.630. The van der Waals surface area contributed by atoms with E-state index < -0.39 is 5.91 Å². The van der Waals surface area contributed by atoms with Gasteiger partial charge in [0.1, 0.15) is 5.82 Å². The molecule has 0 saturated carbocycles. The molecular formula is C15H14FIN2O2. The molecule has 6 heteroatoms. The van der Waals surface area contributed by atoms with Crippen molar-refractivity contribution in [2.24, 2.45) is 12.8 Å². The number of carbonyl (C=O) groups excluding carboxylic acids is 1. The summed E-state index contributed by atoms with van der Waals surface area (Å²) in [5.74, 6) is -1.00. The number of hydrogen-bond acceptors (Lipinski definition) is 2. The Morgan fingerprint density at radius 1 is 1.38 bits per heavy atom. The summed E-state index contributed by atoms with van der Waals surface area (Å²) in [6.07, 6.45) is 0.132. The number of amides is 1. The van der Waals surface area contributed by atoms with Crippen molar-refractivity contribution in [1.29, 1.82) is 0 Å². The minimum Gasteiger partial charge on any atom is -0.366 e. The highest BCUT2D eigenvalue weighted by atomic mass is 127. The third-order valence-corrected chi connectivity index (χ3v) is 4.03. The van der Waals surface area contributed by atoms with E-state index in [1.807, 2.05) is 22.6 Å². The van der Waals surface area contributed by atoms with Gasteiger partial charge in [-0.1, -0.05) is 6.07 Å². The molecule has 0 aliphatic rings. The quantitative estimate of drug-likeness (QED) is 0.803. The van der Waals surface area contributed by atoms with Crippen LogP contribution in [-0.2, 0) is 13.5 Å². The van der Waals surface area contributed by atoms with Crippen LogP contribution < -0.4 is 11.3 Å². The number of aryl methyl sites for hydroxylation is 1. The molecular weight excluding hydrogens is 386 g/mol. The van der Waals surface area contributed by atoms with E-state index in [9.17, 15) is 14.0 Å². The molecule has 4 nitrogen and oxygen atoms in total. The first-order chi connectivity index (χ1) is 9.81. The average Bonchev–Trinajstić information content (AvgIpc) is 2.41. The van der Waals surface area contributed by atoms with E-state index in [0.717, 1.165) is 3.57 Å². The normalized spacial score (nSPS) is 10.7. The monoisotopic (exact) mass is 400 g/mol. The number of carbonyl (C=O) groups is 1. The fourth-order valence-electron chi connectivity index (χ4n) is 2.20. The zero-order chi connectivity index (χ0) is 15.7. The van der Waals surface area contributed by atoms with Gasteiger partial charge in [0.25, 0.3) is 5.56 Å².